The lowest BCUT2D eigenvalue weighted by molar-refractivity contribution is -0.141. The maximum Gasteiger partial charge on any atom is 0.336 e. The van der Waals surface area contributed by atoms with Gasteiger partial charge in [-0.1, -0.05) is 50.3 Å². The van der Waals surface area contributed by atoms with Crippen LogP contribution in [0.5, 0.6) is 0 Å². The molecule has 1 N–H and O–H groups in total. The number of carbonyl (C=O) groups excluding carboxylic acids is 1. The van der Waals surface area contributed by atoms with Crippen LogP contribution in [0, 0.1) is 12.8 Å². The summed E-state index contributed by atoms with van der Waals surface area (Å²) in [5.41, 5.74) is 1.75. The van der Waals surface area contributed by atoms with E-state index in [0.717, 1.165) is 5.56 Å². The standard InChI is InChI=1S/C15H20O3/c1-10(2)9-18-15(17)12(4)14(16)13-7-5-6-11(3)8-13/h5-8,10,14,16H,4,9H2,1-3H3. The van der Waals surface area contributed by atoms with E-state index in [4.69, 9.17) is 4.74 Å². The smallest absolute Gasteiger partial charge is 0.336 e. The molecule has 1 unspecified atom stereocenters. The number of aliphatic hydroxyl groups is 1. The molecule has 0 aliphatic rings. The van der Waals surface area contributed by atoms with Crippen molar-refractivity contribution in [1.82, 2.24) is 0 Å². The van der Waals surface area contributed by atoms with Gasteiger partial charge in [0.15, 0.2) is 0 Å². The molecule has 0 fully saturated rings. The maximum absolute atomic E-state index is 11.7. The van der Waals surface area contributed by atoms with E-state index in [0.29, 0.717) is 12.2 Å². The number of aryl methyl sites for hydroxylation is 1. The number of benzene rings is 1. The highest BCUT2D eigenvalue weighted by molar-refractivity contribution is 5.89. The van der Waals surface area contributed by atoms with Gasteiger partial charge in [0.25, 0.3) is 0 Å². The third-order valence-corrected chi connectivity index (χ3v) is 2.50. The molecule has 3 nitrogen and oxygen atoms in total. The molecule has 0 aromatic heterocycles. The first kappa shape index (κ1) is 14.5. The molecule has 0 aliphatic heterocycles. The Kier molecular flexibility index (Phi) is 5.10. The van der Waals surface area contributed by atoms with Crippen molar-refractivity contribution in [1.29, 1.82) is 0 Å². The Morgan fingerprint density at radius 3 is 2.67 bits per heavy atom. The fraction of sp³-hybridized carbons (Fsp3) is 0.400. The summed E-state index contributed by atoms with van der Waals surface area (Å²) >= 11 is 0. The van der Waals surface area contributed by atoms with E-state index in [1.54, 1.807) is 6.07 Å². The second-order valence-corrected chi connectivity index (χ2v) is 4.83. The number of ether oxygens (including phenoxy) is 1. The number of hydrogen-bond donors (Lipinski definition) is 1. The van der Waals surface area contributed by atoms with Crippen LogP contribution in [0.2, 0.25) is 0 Å². The lowest BCUT2D eigenvalue weighted by Crippen LogP contribution is -2.16. The quantitative estimate of drug-likeness (QED) is 0.644. The topological polar surface area (TPSA) is 46.5 Å². The summed E-state index contributed by atoms with van der Waals surface area (Å²) in [5, 5.41) is 10.0. The molecule has 0 aliphatic carbocycles. The van der Waals surface area contributed by atoms with Gasteiger partial charge >= 0.3 is 5.97 Å². The number of esters is 1. The number of carbonyl (C=O) groups is 1. The molecular weight excluding hydrogens is 228 g/mol. The predicted octanol–water partition coefficient (Wildman–Crippen LogP) is 2.78. The van der Waals surface area contributed by atoms with Crippen molar-refractivity contribution in [2.45, 2.75) is 26.9 Å². The summed E-state index contributed by atoms with van der Waals surface area (Å²) in [6, 6.07) is 7.35. The molecule has 1 rings (SSSR count). The van der Waals surface area contributed by atoms with Crippen molar-refractivity contribution in [2.24, 2.45) is 5.92 Å². The van der Waals surface area contributed by atoms with Crippen LogP contribution in [-0.2, 0) is 9.53 Å². The summed E-state index contributed by atoms with van der Waals surface area (Å²) < 4.78 is 5.04. The molecule has 0 spiro atoms. The summed E-state index contributed by atoms with van der Waals surface area (Å²) in [4.78, 5) is 11.7. The molecule has 0 saturated heterocycles. The third-order valence-electron chi connectivity index (χ3n) is 2.50. The zero-order valence-electron chi connectivity index (χ0n) is 11.1. The Balaban J connectivity index is 2.69. The zero-order chi connectivity index (χ0) is 13.7. The Labute approximate surface area is 108 Å². The van der Waals surface area contributed by atoms with Crippen LogP contribution in [0.3, 0.4) is 0 Å². The van der Waals surface area contributed by atoms with E-state index in [9.17, 15) is 9.90 Å². The SMILES string of the molecule is C=C(C(=O)OCC(C)C)C(O)c1cccc(C)c1. The van der Waals surface area contributed by atoms with Gasteiger partial charge in [-0.15, -0.1) is 0 Å². The third kappa shape index (κ3) is 4.00. The van der Waals surface area contributed by atoms with Crippen LogP contribution in [0.15, 0.2) is 36.4 Å². The number of hydrogen-bond acceptors (Lipinski definition) is 3. The van der Waals surface area contributed by atoms with E-state index in [1.807, 2.05) is 39.0 Å². The Morgan fingerprint density at radius 1 is 1.44 bits per heavy atom. The first-order valence-corrected chi connectivity index (χ1v) is 6.02. The van der Waals surface area contributed by atoms with Gasteiger partial charge in [-0.3, -0.25) is 0 Å². The lowest BCUT2D eigenvalue weighted by atomic mass is 10.0. The highest BCUT2D eigenvalue weighted by atomic mass is 16.5. The van der Waals surface area contributed by atoms with Gasteiger partial charge < -0.3 is 9.84 Å². The van der Waals surface area contributed by atoms with Crippen LogP contribution in [0.4, 0.5) is 0 Å². The molecule has 1 atom stereocenters. The fourth-order valence-electron chi connectivity index (χ4n) is 1.49. The molecule has 0 radical (unpaired) electrons. The average molecular weight is 248 g/mol. The van der Waals surface area contributed by atoms with Gasteiger partial charge in [-0.2, -0.15) is 0 Å². The monoisotopic (exact) mass is 248 g/mol. The van der Waals surface area contributed by atoms with Crippen LogP contribution in [-0.4, -0.2) is 17.7 Å². The molecule has 0 bridgehead atoms. The number of rotatable bonds is 5. The summed E-state index contributed by atoms with van der Waals surface area (Å²) in [7, 11) is 0. The Bertz CT molecular complexity index is 435. The van der Waals surface area contributed by atoms with Gasteiger partial charge in [0.1, 0.15) is 6.10 Å². The second-order valence-electron chi connectivity index (χ2n) is 4.83. The second kappa shape index (κ2) is 6.36. The van der Waals surface area contributed by atoms with Gasteiger partial charge in [0.05, 0.1) is 12.2 Å². The Hall–Kier alpha value is -1.61. The highest BCUT2D eigenvalue weighted by Gasteiger charge is 2.19. The maximum atomic E-state index is 11.7. The summed E-state index contributed by atoms with van der Waals surface area (Å²) in [6.07, 6.45) is -1.01. The zero-order valence-corrected chi connectivity index (χ0v) is 11.1. The van der Waals surface area contributed by atoms with Crippen LogP contribution >= 0.6 is 0 Å². The molecule has 3 heteroatoms. The van der Waals surface area contributed by atoms with Gasteiger partial charge in [0.2, 0.25) is 0 Å². The van der Waals surface area contributed by atoms with Crippen molar-refractivity contribution in [3.63, 3.8) is 0 Å². The molecule has 1 aromatic rings. The van der Waals surface area contributed by atoms with Gasteiger partial charge in [0, 0.05) is 0 Å². The van der Waals surface area contributed by atoms with Gasteiger partial charge in [-0.25, -0.2) is 4.79 Å². The lowest BCUT2D eigenvalue weighted by Gasteiger charge is -2.14. The molecule has 0 heterocycles. The normalized spacial score (nSPS) is 12.3. The van der Waals surface area contributed by atoms with Crippen LogP contribution < -0.4 is 0 Å². The van der Waals surface area contributed by atoms with E-state index in [-0.39, 0.29) is 11.5 Å². The van der Waals surface area contributed by atoms with Crippen LogP contribution in [0.25, 0.3) is 0 Å². The van der Waals surface area contributed by atoms with Crippen molar-refractivity contribution in [3.05, 3.63) is 47.5 Å². The number of aliphatic hydroxyl groups excluding tert-OH is 1. The molecule has 98 valence electrons. The fourth-order valence-corrected chi connectivity index (χ4v) is 1.49. The molecule has 1 aromatic carbocycles. The first-order chi connectivity index (χ1) is 8.41. The minimum atomic E-state index is -1.01. The largest absolute Gasteiger partial charge is 0.462 e. The van der Waals surface area contributed by atoms with Crippen molar-refractivity contribution >= 4 is 5.97 Å². The van der Waals surface area contributed by atoms with E-state index in [1.165, 1.54) is 0 Å². The summed E-state index contributed by atoms with van der Waals surface area (Å²) in [6.45, 7) is 9.78. The van der Waals surface area contributed by atoms with Gasteiger partial charge in [-0.05, 0) is 18.4 Å². The van der Waals surface area contributed by atoms with Crippen LogP contribution in [0.1, 0.15) is 31.1 Å². The molecule has 18 heavy (non-hydrogen) atoms. The van der Waals surface area contributed by atoms with E-state index >= 15 is 0 Å². The van der Waals surface area contributed by atoms with Crippen molar-refractivity contribution in [3.8, 4) is 0 Å². The Morgan fingerprint density at radius 2 is 2.11 bits per heavy atom. The average Bonchev–Trinajstić information content (AvgIpc) is 2.34. The van der Waals surface area contributed by atoms with E-state index < -0.39 is 12.1 Å². The minimum Gasteiger partial charge on any atom is -0.462 e. The molecule has 0 saturated carbocycles. The van der Waals surface area contributed by atoms with Crippen molar-refractivity contribution in [2.75, 3.05) is 6.61 Å². The highest BCUT2D eigenvalue weighted by Crippen LogP contribution is 2.22. The minimum absolute atomic E-state index is 0.0706. The first-order valence-electron chi connectivity index (χ1n) is 6.02. The summed E-state index contributed by atoms with van der Waals surface area (Å²) in [5.74, 6) is -0.282. The van der Waals surface area contributed by atoms with Crippen molar-refractivity contribution < 1.29 is 14.6 Å². The predicted molar refractivity (Wildman–Crippen MR) is 71.1 cm³/mol. The van der Waals surface area contributed by atoms with E-state index in [2.05, 4.69) is 6.58 Å². The molecular formula is C15H20O3. The molecule has 0 amide bonds.